The third-order valence-corrected chi connectivity index (χ3v) is 3.88. The zero-order valence-electron chi connectivity index (χ0n) is 10.8. The van der Waals surface area contributed by atoms with Crippen molar-refractivity contribution in [2.75, 3.05) is 18.6 Å². The van der Waals surface area contributed by atoms with Crippen molar-refractivity contribution in [3.8, 4) is 5.75 Å². The smallest absolute Gasteiger partial charge is 0.415 e. The van der Waals surface area contributed by atoms with E-state index in [0.717, 1.165) is 36.3 Å². The molecule has 5 nitrogen and oxygen atoms in total. The van der Waals surface area contributed by atoms with Crippen LogP contribution in [-0.4, -0.2) is 37.1 Å². The predicted molar refractivity (Wildman–Crippen MR) is 69.6 cm³/mol. The molecule has 1 aromatic carbocycles. The molecule has 0 bridgehead atoms. The third-order valence-electron chi connectivity index (χ3n) is 3.88. The Balaban J connectivity index is 2.03. The number of cyclic esters (lactones) is 1. The number of aliphatic hydroxyl groups is 1. The maximum Gasteiger partial charge on any atom is 0.415 e. The van der Waals surface area contributed by atoms with Crippen LogP contribution in [0, 0.1) is 0 Å². The number of carbonyl (C=O) groups is 1. The molecule has 0 aromatic heterocycles. The second-order valence-electron chi connectivity index (χ2n) is 4.93. The van der Waals surface area contributed by atoms with Gasteiger partial charge in [-0.05, 0) is 43.0 Å². The van der Waals surface area contributed by atoms with Crippen molar-refractivity contribution in [2.24, 2.45) is 0 Å². The summed E-state index contributed by atoms with van der Waals surface area (Å²) in [6.45, 7) is -0.127. The molecule has 3 rings (SSSR count). The van der Waals surface area contributed by atoms with Gasteiger partial charge in [-0.2, -0.15) is 0 Å². The Hall–Kier alpha value is -1.75. The monoisotopic (exact) mass is 263 g/mol. The minimum atomic E-state index is -0.416. The van der Waals surface area contributed by atoms with Gasteiger partial charge in [0.1, 0.15) is 11.9 Å². The van der Waals surface area contributed by atoms with E-state index in [0.29, 0.717) is 0 Å². The van der Waals surface area contributed by atoms with Gasteiger partial charge in [-0.15, -0.1) is 0 Å². The maximum absolute atomic E-state index is 12.0. The molecule has 102 valence electrons. The molecule has 1 saturated heterocycles. The van der Waals surface area contributed by atoms with Crippen molar-refractivity contribution in [2.45, 2.75) is 31.4 Å². The largest absolute Gasteiger partial charge is 0.497 e. The lowest BCUT2D eigenvalue weighted by atomic mass is 10.0. The minimum Gasteiger partial charge on any atom is -0.497 e. The van der Waals surface area contributed by atoms with Crippen LogP contribution in [0.3, 0.4) is 0 Å². The molecule has 1 aromatic rings. The number of fused-ring (bicyclic) bond motifs is 3. The number of hydrogen-bond acceptors (Lipinski definition) is 4. The molecular weight excluding hydrogens is 246 g/mol. The van der Waals surface area contributed by atoms with Crippen LogP contribution in [0.2, 0.25) is 0 Å². The molecule has 0 aliphatic carbocycles. The van der Waals surface area contributed by atoms with Gasteiger partial charge in [-0.1, -0.05) is 0 Å². The third kappa shape index (κ3) is 1.94. The Morgan fingerprint density at radius 2 is 2.37 bits per heavy atom. The average molecular weight is 263 g/mol. The molecule has 0 saturated carbocycles. The van der Waals surface area contributed by atoms with Gasteiger partial charge in [0, 0.05) is 0 Å². The molecule has 1 fully saturated rings. The number of rotatable bonds is 2. The van der Waals surface area contributed by atoms with Crippen molar-refractivity contribution in [3.63, 3.8) is 0 Å². The normalized spacial score (nSPS) is 25.4. The number of anilines is 1. The second-order valence-corrected chi connectivity index (χ2v) is 4.93. The van der Waals surface area contributed by atoms with Crippen molar-refractivity contribution < 1.29 is 19.4 Å². The highest BCUT2D eigenvalue weighted by molar-refractivity contribution is 5.92. The molecular formula is C14H17NO4. The molecule has 2 aliphatic heterocycles. The van der Waals surface area contributed by atoms with Crippen LogP contribution in [-0.2, 0) is 11.2 Å². The standard InChI is InChI=1S/C14H17NO4/c1-18-10-5-6-11-9(7-10)3-2-4-12-13(8-16)19-14(17)15(11)12/h5-7,12-13,16H,2-4,8H2,1H3. The zero-order valence-corrected chi connectivity index (χ0v) is 10.8. The number of aliphatic hydroxyl groups excluding tert-OH is 1. The van der Waals surface area contributed by atoms with Gasteiger partial charge in [0.15, 0.2) is 0 Å². The van der Waals surface area contributed by atoms with E-state index in [1.54, 1.807) is 12.0 Å². The molecule has 2 unspecified atom stereocenters. The summed E-state index contributed by atoms with van der Waals surface area (Å²) >= 11 is 0. The first-order valence-corrected chi connectivity index (χ1v) is 6.52. The number of carbonyl (C=O) groups excluding carboxylic acids is 1. The molecule has 5 heteroatoms. The zero-order chi connectivity index (χ0) is 13.4. The van der Waals surface area contributed by atoms with Crippen LogP contribution < -0.4 is 9.64 Å². The lowest BCUT2D eigenvalue weighted by molar-refractivity contribution is 0.0814. The fourth-order valence-corrected chi connectivity index (χ4v) is 2.94. The van der Waals surface area contributed by atoms with E-state index < -0.39 is 6.10 Å². The van der Waals surface area contributed by atoms with E-state index >= 15 is 0 Å². The van der Waals surface area contributed by atoms with Gasteiger partial charge < -0.3 is 14.6 Å². The van der Waals surface area contributed by atoms with E-state index in [2.05, 4.69) is 0 Å². The van der Waals surface area contributed by atoms with Crippen LogP contribution >= 0.6 is 0 Å². The first-order valence-electron chi connectivity index (χ1n) is 6.52. The van der Waals surface area contributed by atoms with Gasteiger partial charge in [-0.3, -0.25) is 4.90 Å². The summed E-state index contributed by atoms with van der Waals surface area (Å²) in [7, 11) is 1.63. The summed E-state index contributed by atoms with van der Waals surface area (Å²) in [5.41, 5.74) is 1.97. The van der Waals surface area contributed by atoms with E-state index in [1.165, 1.54) is 0 Å². The van der Waals surface area contributed by atoms with Gasteiger partial charge in [-0.25, -0.2) is 4.79 Å². The summed E-state index contributed by atoms with van der Waals surface area (Å²) in [4.78, 5) is 13.7. The maximum atomic E-state index is 12.0. The van der Waals surface area contributed by atoms with E-state index in [4.69, 9.17) is 9.47 Å². The van der Waals surface area contributed by atoms with Gasteiger partial charge >= 0.3 is 6.09 Å². The molecule has 1 N–H and O–H groups in total. The van der Waals surface area contributed by atoms with Crippen LogP contribution in [0.5, 0.6) is 5.75 Å². The minimum absolute atomic E-state index is 0.0628. The highest BCUT2D eigenvalue weighted by atomic mass is 16.6. The van der Waals surface area contributed by atoms with E-state index in [9.17, 15) is 9.90 Å². The summed E-state index contributed by atoms with van der Waals surface area (Å²) in [6, 6.07) is 5.65. The van der Waals surface area contributed by atoms with Crippen LogP contribution in [0.4, 0.5) is 10.5 Å². The number of methoxy groups -OCH3 is 1. The number of hydrogen-bond donors (Lipinski definition) is 1. The number of aryl methyl sites for hydroxylation is 1. The average Bonchev–Trinajstić information content (AvgIpc) is 2.63. The number of benzene rings is 1. The Morgan fingerprint density at radius 1 is 1.53 bits per heavy atom. The molecule has 2 heterocycles. The second kappa shape index (κ2) is 4.74. The highest BCUT2D eigenvalue weighted by Gasteiger charge is 2.43. The summed E-state index contributed by atoms with van der Waals surface area (Å²) in [6.07, 6.45) is 1.94. The summed E-state index contributed by atoms with van der Waals surface area (Å²) < 4.78 is 10.5. The fourth-order valence-electron chi connectivity index (χ4n) is 2.94. The molecule has 2 atom stereocenters. The number of amides is 1. The Labute approximate surface area is 111 Å². The Bertz CT molecular complexity index is 502. The highest BCUT2D eigenvalue weighted by Crippen LogP contribution is 2.37. The molecule has 0 spiro atoms. The number of ether oxygens (including phenoxy) is 2. The predicted octanol–water partition coefficient (Wildman–Crippen LogP) is 1.72. The van der Waals surface area contributed by atoms with Crippen molar-refractivity contribution >= 4 is 11.8 Å². The van der Waals surface area contributed by atoms with Gasteiger partial charge in [0.05, 0.1) is 25.4 Å². The van der Waals surface area contributed by atoms with Crippen LogP contribution in [0.25, 0.3) is 0 Å². The Morgan fingerprint density at radius 3 is 3.11 bits per heavy atom. The van der Waals surface area contributed by atoms with Gasteiger partial charge in [0.25, 0.3) is 0 Å². The van der Waals surface area contributed by atoms with Crippen LogP contribution in [0.1, 0.15) is 18.4 Å². The topological polar surface area (TPSA) is 59.0 Å². The molecule has 19 heavy (non-hydrogen) atoms. The number of nitrogens with zero attached hydrogens (tertiary/aromatic N) is 1. The lowest BCUT2D eigenvalue weighted by Crippen LogP contribution is -2.37. The van der Waals surface area contributed by atoms with E-state index in [1.807, 2.05) is 18.2 Å². The quantitative estimate of drug-likeness (QED) is 0.882. The molecule has 2 aliphatic rings. The van der Waals surface area contributed by atoms with Gasteiger partial charge in [0.2, 0.25) is 0 Å². The molecule has 0 radical (unpaired) electrons. The fraction of sp³-hybridized carbons (Fsp3) is 0.500. The SMILES string of the molecule is COc1ccc2c(c1)CCCC1C(CO)OC(=O)N21. The first-order chi connectivity index (χ1) is 9.24. The summed E-state index contributed by atoms with van der Waals surface area (Å²) in [5.74, 6) is 0.795. The van der Waals surface area contributed by atoms with Crippen molar-refractivity contribution in [3.05, 3.63) is 23.8 Å². The first kappa shape index (κ1) is 12.3. The Kier molecular flexibility index (Phi) is 3.06. The van der Waals surface area contributed by atoms with E-state index in [-0.39, 0.29) is 18.7 Å². The molecule has 1 amide bonds. The van der Waals surface area contributed by atoms with Crippen LogP contribution in [0.15, 0.2) is 18.2 Å². The van der Waals surface area contributed by atoms with Crippen molar-refractivity contribution in [1.82, 2.24) is 0 Å². The summed E-state index contributed by atoms with van der Waals surface area (Å²) in [5, 5.41) is 9.32. The van der Waals surface area contributed by atoms with Crippen molar-refractivity contribution in [1.29, 1.82) is 0 Å². The lowest BCUT2D eigenvalue weighted by Gasteiger charge is -2.22.